The van der Waals surface area contributed by atoms with Gasteiger partial charge in [-0.05, 0) is 43.5 Å². The van der Waals surface area contributed by atoms with Crippen molar-refractivity contribution in [3.8, 4) is 0 Å². The molecular formula is C17H24N2O5S2. The van der Waals surface area contributed by atoms with Crippen LogP contribution in [0.3, 0.4) is 0 Å². The first-order valence-electron chi connectivity index (χ1n) is 8.78. The molecule has 0 radical (unpaired) electrons. The van der Waals surface area contributed by atoms with E-state index in [1.165, 1.54) is 39.7 Å². The molecule has 0 N–H and O–H groups in total. The molecule has 2 aliphatic heterocycles. The normalized spacial score (nSPS) is 22.5. The van der Waals surface area contributed by atoms with Gasteiger partial charge in [0, 0.05) is 38.0 Å². The van der Waals surface area contributed by atoms with Crippen molar-refractivity contribution in [1.82, 2.24) is 9.21 Å². The second-order valence-electron chi connectivity index (χ2n) is 6.98. The molecular weight excluding hydrogens is 376 g/mol. The van der Waals surface area contributed by atoms with E-state index in [2.05, 4.69) is 0 Å². The first-order chi connectivity index (χ1) is 12.2. The number of piperidine rings is 1. The van der Waals surface area contributed by atoms with E-state index >= 15 is 0 Å². The van der Waals surface area contributed by atoms with Gasteiger partial charge in [-0.2, -0.15) is 4.31 Å². The molecule has 1 aromatic rings. The van der Waals surface area contributed by atoms with Gasteiger partial charge in [-0.1, -0.05) is 6.42 Å². The molecule has 2 fully saturated rings. The van der Waals surface area contributed by atoms with Crippen molar-refractivity contribution in [2.45, 2.75) is 35.8 Å². The molecule has 0 aromatic heterocycles. The third-order valence-corrected chi connectivity index (χ3v) is 8.60. The van der Waals surface area contributed by atoms with Gasteiger partial charge in [0.05, 0.1) is 10.1 Å². The fraction of sp³-hybridized carbons (Fsp3) is 0.588. The monoisotopic (exact) mass is 400 g/mol. The van der Waals surface area contributed by atoms with E-state index in [9.17, 15) is 21.6 Å². The summed E-state index contributed by atoms with van der Waals surface area (Å²) >= 11 is 0. The number of carbonyl (C=O) groups is 1. The number of nitrogens with zero attached hydrogens (tertiary/aromatic N) is 2. The Morgan fingerprint density at radius 1 is 0.962 bits per heavy atom. The smallest absolute Gasteiger partial charge is 0.253 e. The molecule has 26 heavy (non-hydrogen) atoms. The van der Waals surface area contributed by atoms with Crippen molar-refractivity contribution in [2.24, 2.45) is 0 Å². The van der Waals surface area contributed by atoms with Gasteiger partial charge in [0.25, 0.3) is 5.91 Å². The molecule has 2 aliphatic rings. The third kappa shape index (κ3) is 3.94. The van der Waals surface area contributed by atoms with Gasteiger partial charge in [-0.3, -0.25) is 4.79 Å². The highest BCUT2D eigenvalue weighted by Gasteiger charge is 2.33. The van der Waals surface area contributed by atoms with Gasteiger partial charge in [-0.25, -0.2) is 16.8 Å². The Kier molecular flexibility index (Phi) is 5.41. The predicted octanol–water partition coefficient (Wildman–Crippen LogP) is 1.12. The van der Waals surface area contributed by atoms with Crippen LogP contribution in [0.1, 0.15) is 36.0 Å². The maximum Gasteiger partial charge on any atom is 0.253 e. The van der Waals surface area contributed by atoms with E-state index in [1.54, 1.807) is 0 Å². The van der Waals surface area contributed by atoms with Gasteiger partial charge in [0.2, 0.25) is 10.0 Å². The Morgan fingerprint density at radius 3 is 2.12 bits per heavy atom. The Hall–Kier alpha value is -1.45. The molecule has 3 rings (SSSR count). The zero-order valence-electron chi connectivity index (χ0n) is 14.8. The lowest BCUT2D eigenvalue weighted by Crippen LogP contribution is -2.35. The Labute approximate surface area is 155 Å². The quantitative estimate of drug-likeness (QED) is 0.755. The molecule has 9 heteroatoms. The van der Waals surface area contributed by atoms with Crippen LogP contribution < -0.4 is 0 Å². The number of benzene rings is 1. The molecule has 7 nitrogen and oxygen atoms in total. The predicted molar refractivity (Wildman–Crippen MR) is 98.2 cm³/mol. The van der Waals surface area contributed by atoms with Crippen LogP contribution in [-0.2, 0) is 19.9 Å². The van der Waals surface area contributed by atoms with Crippen molar-refractivity contribution in [2.75, 3.05) is 32.4 Å². The van der Waals surface area contributed by atoms with E-state index in [-0.39, 0.29) is 17.3 Å². The highest BCUT2D eigenvalue weighted by Crippen LogP contribution is 2.23. The summed E-state index contributed by atoms with van der Waals surface area (Å²) < 4.78 is 50.0. The summed E-state index contributed by atoms with van der Waals surface area (Å²) in [5.74, 6) is -0.266. The van der Waals surface area contributed by atoms with Gasteiger partial charge in [-0.15, -0.1) is 0 Å². The van der Waals surface area contributed by atoms with Crippen LogP contribution in [0.5, 0.6) is 0 Å². The fourth-order valence-electron chi connectivity index (χ4n) is 3.47. The van der Waals surface area contributed by atoms with Crippen molar-refractivity contribution in [3.05, 3.63) is 29.8 Å². The summed E-state index contributed by atoms with van der Waals surface area (Å²) in [5, 5.41) is -0.523. The minimum absolute atomic E-state index is 0.186. The molecule has 0 spiro atoms. The number of sulfonamides is 1. The van der Waals surface area contributed by atoms with Gasteiger partial charge < -0.3 is 4.90 Å². The number of amides is 1. The van der Waals surface area contributed by atoms with Gasteiger partial charge in [0.15, 0.2) is 9.84 Å². The molecule has 0 bridgehead atoms. The zero-order chi connectivity index (χ0) is 18.9. The third-order valence-electron chi connectivity index (χ3n) is 5.09. The number of carbonyl (C=O) groups excluding carboxylic acids is 1. The number of hydrogen-bond acceptors (Lipinski definition) is 5. The number of rotatable bonds is 4. The number of sulfone groups is 1. The summed E-state index contributed by atoms with van der Waals surface area (Å²) in [7, 11) is -6.69. The van der Waals surface area contributed by atoms with Crippen LogP contribution in [0.15, 0.2) is 29.2 Å². The van der Waals surface area contributed by atoms with Crippen molar-refractivity contribution in [1.29, 1.82) is 0 Å². The zero-order valence-corrected chi connectivity index (χ0v) is 16.4. The average Bonchev–Trinajstić information content (AvgIpc) is 3.12. The van der Waals surface area contributed by atoms with Gasteiger partial charge >= 0.3 is 0 Å². The molecule has 2 saturated heterocycles. The maximum absolute atomic E-state index is 12.6. The fourth-order valence-corrected chi connectivity index (χ4v) is 5.97. The van der Waals surface area contributed by atoms with Crippen LogP contribution >= 0.6 is 0 Å². The average molecular weight is 401 g/mol. The second kappa shape index (κ2) is 7.28. The summed E-state index contributed by atoms with van der Waals surface area (Å²) in [4.78, 5) is 14.3. The molecule has 1 aromatic carbocycles. The largest absolute Gasteiger partial charge is 0.337 e. The molecule has 2 heterocycles. The summed E-state index contributed by atoms with van der Waals surface area (Å²) in [6.07, 6.45) is 4.40. The Bertz CT molecular complexity index is 872. The molecule has 1 unspecified atom stereocenters. The van der Waals surface area contributed by atoms with Crippen LogP contribution in [0.25, 0.3) is 0 Å². The van der Waals surface area contributed by atoms with Crippen LogP contribution in [0, 0.1) is 0 Å². The topological polar surface area (TPSA) is 91.8 Å². The lowest BCUT2D eigenvalue weighted by molar-refractivity contribution is 0.0793. The number of hydrogen-bond donors (Lipinski definition) is 0. The van der Waals surface area contributed by atoms with Crippen LogP contribution in [-0.4, -0.2) is 69.6 Å². The van der Waals surface area contributed by atoms with E-state index in [4.69, 9.17) is 0 Å². The highest BCUT2D eigenvalue weighted by atomic mass is 32.2. The maximum atomic E-state index is 12.6. The summed E-state index contributed by atoms with van der Waals surface area (Å²) in [5.41, 5.74) is 0.372. The van der Waals surface area contributed by atoms with E-state index < -0.39 is 25.1 Å². The van der Waals surface area contributed by atoms with E-state index in [0.29, 0.717) is 31.6 Å². The minimum Gasteiger partial charge on any atom is -0.337 e. The van der Waals surface area contributed by atoms with Crippen LogP contribution in [0.2, 0.25) is 0 Å². The highest BCUT2D eigenvalue weighted by molar-refractivity contribution is 7.91. The first kappa shape index (κ1) is 19.3. The van der Waals surface area contributed by atoms with Crippen molar-refractivity contribution in [3.63, 3.8) is 0 Å². The molecule has 1 amide bonds. The van der Waals surface area contributed by atoms with Crippen molar-refractivity contribution >= 4 is 25.8 Å². The van der Waals surface area contributed by atoms with Crippen LogP contribution in [0.4, 0.5) is 0 Å². The lowest BCUT2D eigenvalue weighted by Gasteiger charge is -2.26. The summed E-state index contributed by atoms with van der Waals surface area (Å²) in [6, 6.07) is 5.93. The molecule has 1 atom stereocenters. The molecule has 0 aliphatic carbocycles. The SMILES string of the molecule is CS(=O)(=O)C1CCN(C(=O)c2ccc(S(=O)(=O)N3CCCCC3)cc2)C1. The van der Waals surface area contributed by atoms with E-state index in [1.807, 2.05) is 0 Å². The number of likely N-dealkylation sites (tertiary alicyclic amines) is 1. The molecule has 144 valence electrons. The minimum atomic E-state index is -3.52. The second-order valence-corrected chi connectivity index (χ2v) is 11.2. The lowest BCUT2D eigenvalue weighted by atomic mass is 10.2. The van der Waals surface area contributed by atoms with Gasteiger partial charge in [0.1, 0.15) is 0 Å². The Balaban J connectivity index is 1.72. The van der Waals surface area contributed by atoms with Crippen molar-refractivity contribution < 1.29 is 21.6 Å². The first-order valence-corrected chi connectivity index (χ1v) is 12.2. The molecule has 0 saturated carbocycles. The van der Waals surface area contributed by atoms with E-state index in [0.717, 1.165) is 19.3 Å². The Morgan fingerprint density at radius 2 is 1.58 bits per heavy atom. The summed E-state index contributed by atoms with van der Waals surface area (Å²) in [6.45, 7) is 1.64. The standard InChI is InChI=1S/C17H24N2O5S2/c1-25(21,22)16-9-12-18(13-16)17(20)14-5-7-15(8-6-14)26(23,24)19-10-3-2-4-11-19/h5-8,16H,2-4,9-13H2,1H3.